The van der Waals surface area contributed by atoms with Crippen molar-refractivity contribution < 1.29 is 14.0 Å². The maximum atomic E-state index is 13.7. The first-order valence-electron chi connectivity index (χ1n) is 16.1. The van der Waals surface area contributed by atoms with Gasteiger partial charge in [0.25, 0.3) is 0 Å². The van der Waals surface area contributed by atoms with Crippen molar-refractivity contribution in [3.05, 3.63) is 29.3 Å². The molecular weight excluding hydrogens is 516 g/mol. The zero-order valence-corrected chi connectivity index (χ0v) is 27.4. The lowest BCUT2D eigenvalue weighted by Crippen LogP contribution is -2.44. The predicted molar refractivity (Wildman–Crippen MR) is 171 cm³/mol. The van der Waals surface area contributed by atoms with Crippen molar-refractivity contribution >= 4 is 17.9 Å². The van der Waals surface area contributed by atoms with Gasteiger partial charge in [-0.2, -0.15) is 0 Å². The molecule has 228 valence electrons. The molecule has 2 atom stereocenters. The topological polar surface area (TPSA) is 36.0 Å². The minimum atomic E-state index is 0.329. The number of ether oxygens (including phenoxy) is 1. The number of hydrogen-bond acceptors (Lipinski definition) is 5. The summed E-state index contributed by atoms with van der Waals surface area (Å²) in [5.41, 5.74) is 2.63. The molecule has 7 heteroatoms. The number of hydrogen-bond donors (Lipinski definition) is 0. The molecule has 2 unspecified atom stereocenters. The zero-order chi connectivity index (χ0) is 29.0. The van der Waals surface area contributed by atoms with Crippen LogP contribution in [0.1, 0.15) is 88.7 Å². The Balaban J connectivity index is 1.65. The van der Waals surface area contributed by atoms with Crippen molar-refractivity contribution in [2.24, 2.45) is 0 Å². The van der Waals surface area contributed by atoms with Gasteiger partial charge >= 0.3 is 0 Å². The second-order valence-electron chi connectivity index (χ2n) is 13.1. The minimum Gasteiger partial charge on any atom is -0.493 e. The summed E-state index contributed by atoms with van der Waals surface area (Å²) in [6, 6.07) is 7.25. The van der Waals surface area contributed by atoms with Crippen molar-refractivity contribution in [2.75, 3.05) is 79.3 Å². The van der Waals surface area contributed by atoms with E-state index >= 15 is 0 Å². The number of nitrogens with zero attached hydrogens (tertiary/aromatic N) is 4. The zero-order valence-electron chi connectivity index (χ0n) is 26.6. The van der Waals surface area contributed by atoms with Crippen molar-refractivity contribution in [3.63, 3.8) is 0 Å². The summed E-state index contributed by atoms with van der Waals surface area (Å²) in [5, 5.41) is 0. The Morgan fingerprint density at radius 2 is 1.88 bits per heavy atom. The van der Waals surface area contributed by atoms with Gasteiger partial charge in [0.1, 0.15) is 5.75 Å². The Morgan fingerprint density at radius 3 is 2.55 bits per heavy atom. The second kappa shape index (κ2) is 17.0. The van der Waals surface area contributed by atoms with Gasteiger partial charge in [0.2, 0.25) is 5.91 Å². The van der Waals surface area contributed by atoms with E-state index in [1.54, 1.807) is 0 Å². The van der Waals surface area contributed by atoms with Crippen LogP contribution in [0.15, 0.2) is 18.2 Å². The number of rotatable bonds is 18. The number of likely N-dealkylation sites (tertiary alicyclic amines) is 1. The maximum Gasteiger partial charge on any atom is 0.236 e. The molecule has 0 N–H and O–H groups in total. The fraction of sp³-hybridized carbons (Fsp3) is 0.788. The third kappa shape index (κ3) is 11.2. The van der Waals surface area contributed by atoms with Crippen molar-refractivity contribution in [1.29, 1.82) is 0 Å². The van der Waals surface area contributed by atoms with Gasteiger partial charge in [-0.25, -0.2) is 0 Å². The second-order valence-corrected chi connectivity index (χ2v) is 14.3. The lowest BCUT2D eigenvalue weighted by atomic mass is 9.94. The first kappa shape index (κ1) is 33.2. The van der Waals surface area contributed by atoms with Gasteiger partial charge < -0.3 is 14.1 Å². The molecule has 6 nitrogen and oxygen atoms in total. The molecule has 0 aliphatic carbocycles. The molecule has 2 aliphatic heterocycles. The molecule has 0 bridgehead atoms. The van der Waals surface area contributed by atoms with Crippen LogP contribution in [0, 0.1) is 6.92 Å². The highest BCUT2D eigenvalue weighted by atomic mass is 32.2. The number of aryl methyl sites for hydroxylation is 1. The highest BCUT2D eigenvalue weighted by Gasteiger charge is 2.35. The van der Waals surface area contributed by atoms with Crippen LogP contribution in [-0.4, -0.2) is 110 Å². The van der Waals surface area contributed by atoms with Crippen molar-refractivity contribution in [2.45, 2.75) is 90.5 Å². The molecule has 0 aromatic heterocycles. The summed E-state index contributed by atoms with van der Waals surface area (Å²) in [6.07, 6.45) is 10.3. The Morgan fingerprint density at radius 1 is 1.10 bits per heavy atom. The molecule has 2 aliphatic rings. The van der Waals surface area contributed by atoms with E-state index in [4.69, 9.17) is 4.74 Å². The minimum absolute atomic E-state index is 0.329. The first-order valence-corrected chi connectivity index (χ1v) is 17.1. The molecule has 2 heterocycles. The Bertz CT molecular complexity index is 884. The molecule has 40 heavy (non-hydrogen) atoms. The number of unbranched alkanes of at least 4 members (excludes halogenated alkanes) is 3. The molecule has 1 aromatic rings. The van der Waals surface area contributed by atoms with Crippen LogP contribution in [-0.2, 0) is 4.79 Å². The molecule has 0 spiro atoms. The van der Waals surface area contributed by atoms with E-state index in [0.717, 1.165) is 94.5 Å². The van der Waals surface area contributed by atoms with Gasteiger partial charge in [-0.3, -0.25) is 14.0 Å². The quantitative estimate of drug-likeness (QED) is 0.119. The Labute approximate surface area is 250 Å². The highest BCUT2D eigenvalue weighted by molar-refractivity contribution is 7.97. The molecule has 0 saturated carbocycles. The smallest absolute Gasteiger partial charge is 0.236 e. The molecule has 3 rings (SSSR count). The van der Waals surface area contributed by atoms with E-state index in [1.807, 2.05) is 11.9 Å². The normalized spacial score (nSPS) is 20.4. The number of carbonyl (C=O) groups is 1. The molecule has 2 saturated heterocycles. The lowest BCUT2D eigenvalue weighted by molar-refractivity contribution is -0.870. The SMILES string of the molecule is CCCCOc1ccc(C2CC(CCN3CCCS3)N(CC(=O)N(CCCC)CCCC[N+](C)(C)C)C2)cc1C. The third-order valence-electron chi connectivity index (χ3n) is 8.47. The van der Waals surface area contributed by atoms with Gasteiger partial charge in [0.15, 0.2) is 0 Å². The van der Waals surface area contributed by atoms with Crippen LogP contribution in [0.5, 0.6) is 5.75 Å². The molecular formula is C33H59N4O2S+. The number of quaternary nitrogens is 1. The van der Waals surface area contributed by atoms with Gasteiger partial charge in [-0.1, -0.05) is 50.8 Å². The average Bonchev–Trinajstić information content (AvgIpc) is 3.57. The van der Waals surface area contributed by atoms with E-state index in [9.17, 15) is 4.79 Å². The van der Waals surface area contributed by atoms with E-state index in [2.05, 4.69) is 74.2 Å². The number of carbonyl (C=O) groups excluding carboxylic acids is 1. The maximum absolute atomic E-state index is 13.7. The number of amides is 1. The monoisotopic (exact) mass is 575 g/mol. The molecule has 2 fully saturated rings. The molecule has 0 radical (unpaired) electrons. The van der Waals surface area contributed by atoms with Crippen LogP contribution >= 0.6 is 11.9 Å². The third-order valence-corrected chi connectivity index (χ3v) is 9.67. The number of benzene rings is 1. The van der Waals surface area contributed by atoms with Crippen LogP contribution in [0.2, 0.25) is 0 Å². The summed E-state index contributed by atoms with van der Waals surface area (Å²) in [6.45, 7) is 14.2. The summed E-state index contributed by atoms with van der Waals surface area (Å²) in [5.74, 6) is 3.07. The van der Waals surface area contributed by atoms with E-state index in [0.29, 0.717) is 24.4 Å². The van der Waals surface area contributed by atoms with Crippen molar-refractivity contribution in [3.8, 4) is 5.75 Å². The lowest BCUT2D eigenvalue weighted by Gasteiger charge is -2.30. The van der Waals surface area contributed by atoms with Crippen LogP contribution in [0.4, 0.5) is 0 Å². The van der Waals surface area contributed by atoms with Gasteiger partial charge in [0.05, 0.1) is 40.8 Å². The standard InChI is InChI=1S/C33H59N4O2S/c1-7-9-17-34(18-11-12-21-37(4,5)6)33(38)27-35-26-30(25-31(35)16-20-36-19-13-23-40-36)29-14-15-32(28(3)24-29)39-22-10-8-2/h14-15,24,30-31H,7-13,16-23,25-27H2,1-6H3/q+1. The fourth-order valence-electron chi connectivity index (χ4n) is 5.98. The van der Waals surface area contributed by atoms with Crippen LogP contribution in [0.25, 0.3) is 0 Å². The summed E-state index contributed by atoms with van der Waals surface area (Å²) < 4.78 is 9.56. The highest BCUT2D eigenvalue weighted by Crippen LogP contribution is 2.36. The Kier molecular flexibility index (Phi) is 14.1. The average molecular weight is 576 g/mol. The molecule has 1 aromatic carbocycles. The van der Waals surface area contributed by atoms with Crippen molar-refractivity contribution in [1.82, 2.24) is 14.1 Å². The summed E-state index contributed by atoms with van der Waals surface area (Å²) in [7, 11) is 6.75. The van der Waals surface area contributed by atoms with Gasteiger partial charge in [-0.15, -0.1) is 0 Å². The van der Waals surface area contributed by atoms with E-state index in [1.165, 1.54) is 36.3 Å². The summed E-state index contributed by atoms with van der Waals surface area (Å²) in [4.78, 5) is 18.4. The molecule has 1 amide bonds. The van der Waals surface area contributed by atoms with E-state index in [-0.39, 0.29) is 0 Å². The predicted octanol–water partition coefficient (Wildman–Crippen LogP) is 6.19. The largest absolute Gasteiger partial charge is 0.493 e. The van der Waals surface area contributed by atoms with Crippen LogP contribution in [0.3, 0.4) is 0 Å². The van der Waals surface area contributed by atoms with Gasteiger partial charge in [0, 0.05) is 44.5 Å². The fourth-order valence-corrected chi connectivity index (χ4v) is 6.98. The Hall–Kier alpha value is -1.28. The summed E-state index contributed by atoms with van der Waals surface area (Å²) >= 11 is 2.00. The van der Waals surface area contributed by atoms with Crippen LogP contribution < -0.4 is 4.74 Å². The van der Waals surface area contributed by atoms with E-state index < -0.39 is 0 Å². The van der Waals surface area contributed by atoms with Gasteiger partial charge in [-0.05, 0) is 75.0 Å². The first-order chi connectivity index (χ1) is 19.2.